The standard InChI is InChI=1S/C9H19NO2/c1-10-7-8-5-9(6-8)12-4-2-3-11/h8-11H,2-7H2,1H3. The van der Waals surface area contributed by atoms with Crippen molar-refractivity contribution >= 4 is 0 Å². The fourth-order valence-corrected chi connectivity index (χ4v) is 1.58. The summed E-state index contributed by atoms with van der Waals surface area (Å²) in [6.07, 6.45) is 3.61. The van der Waals surface area contributed by atoms with Crippen molar-refractivity contribution in [1.29, 1.82) is 0 Å². The zero-order valence-electron chi connectivity index (χ0n) is 7.75. The first-order chi connectivity index (χ1) is 5.86. The average Bonchev–Trinajstić information content (AvgIpc) is 2.00. The van der Waals surface area contributed by atoms with Crippen LogP contribution in [0, 0.1) is 5.92 Å². The first kappa shape index (κ1) is 9.96. The molecule has 3 nitrogen and oxygen atoms in total. The van der Waals surface area contributed by atoms with Gasteiger partial charge in [-0.3, -0.25) is 0 Å². The van der Waals surface area contributed by atoms with E-state index in [1.54, 1.807) is 0 Å². The largest absolute Gasteiger partial charge is 0.396 e. The van der Waals surface area contributed by atoms with Crippen LogP contribution in [0.3, 0.4) is 0 Å². The van der Waals surface area contributed by atoms with E-state index in [1.807, 2.05) is 7.05 Å². The summed E-state index contributed by atoms with van der Waals surface area (Å²) in [5.41, 5.74) is 0. The molecule has 0 aromatic carbocycles. The zero-order valence-corrected chi connectivity index (χ0v) is 7.75. The molecule has 12 heavy (non-hydrogen) atoms. The minimum absolute atomic E-state index is 0.243. The smallest absolute Gasteiger partial charge is 0.0581 e. The van der Waals surface area contributed by atoms with Crippen LogP contribution in [-0.4, -0.2) is 38.0 Å². The van der Waals surface area contributed by atoms with E-state index in [0.29, 0.717) is 12.7 Å². The van der Waals surface area contributed by atoms with Crippen molar-refractivity contribution in [2.45, 2.75) is 25.4 Å². The van der Waals surface area contributed by atoms with Crippen molar-refractivity contribution in [1.82, 2.24) is 5.32 Å². The van der Waals surface area contributed by atoms with E-state index in [4.69, 9.17) is 9.84 Å². The molecule has 72 valence electrons. The van der Waals surface area contributed by atoms with Crippen molar-refractivity contribution in [3.05, 3.63) is 0 Å². The highest BCUT2D eigenvalue weighted by molar-refractivity contribution is 4.81. The molecule has 0 aromatic rings. The monoisotopic (exact) mass is 173 g/mol. The third-order valence-corrected chi connectivity index (χ3v) is 2.34. The lowest BCUT2D eigenvalue weighted by Gasteiger charge is -2.34. The van der Waals surface area contributed by atoms with Gasteiger partial charge < -0.3 is 15.2 Å². The van der Waals surface area contributed by atoms with Crippen LogP contribution in [0.4, 0.5) is 0 Å². The second-order valence-corrected chi connectivity index (χ2v) is 3.47. The van der Waals surface area contributed by atoms with Crippen LogP contribution in [0.15, 0.2) is 0 Å². The molecule has 2 N–H and O–H groups in total. The van der Waals surface area contributed by atoms with Crippen LogP contribution >= 0.6 is 0 Å². The van der Waals surface area contributed by atoms with Crippen molar-refractivity contribution in [3.8, 4) is 0 Å². The average molecular weight is 173 g/mol. The van der Waals surface area contributed by atoms with Gasteiger partial charge in [-0.05, 0) is 38.8 Å². The number of ether oxygens (including phenoxy) is 1. The lowest BCUT2D eigenvalue weighted by molar-refractivity contribution is -0.0333. The SMILES string of the molecule is CNCC1CC(OCCCO)C1. The van der Waals surface area contributed by atoms with Gasteiger partial charge in [-0.1, -0.05) is 0 Å². The Hall–Kier alpha value is -0.120. The van der Waals surface area contributed by atoms with Crippen LogP contribution in [0.1, 0.15) is 19.3 Å². The molecule has 1 rings (SSSR count). The number of hydrogen-bond acceptors (Lipinski definition) is 3. The summed E-state index contributed by atoms with van der Waals surface area (Å²) >= 11 is 0. The topological polar surface area (TPSA) is 41.5 Å². The van der Waals surface area contributed by atoms with Crippen LogP contribution in [0.5, 0.6) is 0 Å². The van der Waals surface area contributed by atoms with Crippen LogP contribution in [-0.2, 0) is 4.74 Å². The van der Waals surface area contributed by atoms with Gasteiger partial charge in [-0.15, -0.1) is 0 Å². The lowest BCUT2D eigenvalue weighted by Crippen LogP contribution is -2.37. The maximum Gasteiger partial charge on any atom is 0.0581 e. The van der Waals surface area contributed by atoms with Gasteiger partial charge in [-0.2, -0.15) is 0 Å². The second kappa shape index (κ2) is 5.51. The molecule has 3 heteroatoms. The minimum atomic E-state index is 0.243. The summed E-state index contributed by atoms with van der Waals surface area (Å²) in [5.74, 6) is 0.814. The maximum atomic E-state index is 8.52. The second-order valence-electron chi connectivity index (χ2n) is 3.47. The molecule has 0 atom stereocenters. The first-order valence-electron chi connectivity index (χ1n) is 4.74. The van der Waals surface area contributed by atoms with Gasteiger partial charge in [0.05, 0.1) is 6.10 Å². The summed E-state index contributed by atoms with van der Waals surface area (Å²) in [5, 5.41) is 11.7. The third-order valence-electron chi connectivity index (χ3n) is 2.34. The summed E-state index contributed by atoms with van der Waals surface area (Å²) in [7, 11) is 1.99. The minimum Gasteiger partial charge on any atom is -0.396 e. The molecule has 0 aliphatic heterocycles. The number of aliphatic hydroxyl groups excluding tert-OH is 1. The highest BCUT2D eigenvalue weighted by atomic mass is 16.5. The predicted octanol–water partition coefficient (Wildman–Crippen LogP) is 0.383. The van der Waals surface area contributed by atoms with Crippen LogP contribution in [0.2, 0.25) is 0 Å². The van der Waals surface area contributed by atoms with E-state index in [1.165, 1.54) is 12.8 Å². The lowest BCUT2D eigenvalue weighted by atomic mass is 9.82. The van der Waals surface area contributed by atoms with Gasteiger partial charge >= 0.3 is 0 Å². The van der Waals surface area contributed by atoms with Crippen molar-refractivity contribution < 1.29 is 9.84 Å². The van der Waals surface area contributed by atoms with E-state index in [9.17, 15) is 0 Å². The molecular formula is C9H19NO2. The molecule has 0 spiro atoms. The highest BCUT2D eigenvalue weighted by Gasteiger charge is 2.28. The number of hydrogen-bond donors (Lipinski definition) is 2. The molecule has 0 aromatic heterocycles. The van der Waals surface area contributed by atoms with E-state index < -0.39 is 0 Å². The summed E-state index contributed by atoms with van der Waals surface area (Å²) in [6.45, 7) is 2.07. The fourth-order valence-electron chi connectivity index (χ4n) is 1.58. The Morgan fingerprint density at radius 2 is 2.25 bits per heavy atom. The van der Waals surface area contributed by atoms with Crippen molar-refractivity contribution in [2.24, 2.45) is 5.92 Å². The summed E-state index contributed by atoms with van der Waals surface area (Å²) in [6, 6.07) is 0. The number of nitrogens with one attached hydrogen (secondary N) is 1. The van der Waals surface area contributed by atoms with Crippen molar-refractivity contribution in [2.75, 3.05) is 26.8 Å². The van der Waals surface area contributed by atoms with Crippen LogP contribution < -0.4 is 5.32 Å². The normalized spacial score (nSPS) is 28.5. The Morgan fingerprint density at radius 3 is 2.83 bits per heavy atom. The number of rotatable bonds is 6. The maximum absolute atomic E-state index is 8.52. The third kappa shape index (κ3) is 3.09. The molecule has 1 aliphatic rings. The molecule has 0 unspecified atom stereocenters. The first-order valence-corrected chi connectivity index (χ1v) is 4.74. The Morgan fingerprint density at radius 1 is 1.50 bits per heavy atom. The number of aliphatic hydroxyl groups is 1. The molecule has 1 saturated carbocycles. The summed E-state index contributed by atoms with van der Waals surface area (Å²) < 4.78 is 5.51. The molecule has 0 bridgehead atoms. The van der Waals surface area contributed by atoms with Gasteiger partial charge in [0, 0.05) is 13.2 Å². The van der Waals surface area contributed by atoms with Crippen molar-refractivity contribution in [3.63, 3.8) is 0 Å². The Kier molecular flexibility index (Phi) is 4.58. The molecule has 1 aliphatic carbocycles. The summed E-state index contributed by atoms with van der Waals surface area (Å²) in [4.78, 5) is 0. The van der Waals surface area contributed by atoms with Gasteiger partial charge in [0.15, 0.2) is 0 Å². The molecule has 0 radical (unpaired) electrons. The molecule has 0 saturated heterocycles. The quantitative estimate of drug-likeness (QED) is 0.571. The van der Waals surface area contributed by atoms with E-state index >= 15 is 0 Å². The fraction of sp³-hybridized carbons (Fsp3) is 1.00. The van der Waals surface area contributed by atoms with E-state index in [2.05, 4.69) is 5.32 Å². The van der Waals surface area contributed by atoms with Gasteiger partial charge in [0.25, 0.3) is 0 Å². The Bertz CT molecular complexity index is 110. The molecular weight excluding hydrogens is 154 g/mol. The van der Waals surface area contributed by atoms with Crippen LogP contribution in [0.25, 0.3) is 0 Å². The Labute approximate surface area is 74.1 Å². The molecule has 1 fully saturated rings. The predicted molar refractivity (Wildman–Crippen MR) is 48.1 cm³/mol. The van der Waals surface area contributed by atoms with Gasteiger partial charge in [0.2, 0.25) is 0 Å². The van der Waals surface area contributed by atoms with Gasteiger partial charge in [0.1, 0.15) is 0 Å². The van der Waals surface area contributed by atoms with E-state index in [0.717, 1.165) is 18.9 Å². The highest BCUT2D eigenvalue weighted by Crippen LogP contribution is 2.29. The van der Waals surface area contributed by atoms with E-state index in [-0.39, 0.29) is 6.61 Å². The zero-order chi connectivity index (χ0) is 8.81. The van der Waals surface area contributed by atoms with Gasteiger partial charge in [-0.25, -0.2) is 0 Å². The Balaban J connectivity index is 1.88. The molecule has 0 heterocycles. The molecule has 0 amide bonds.